The molecule has 0 fully saturated rings. The molecular formula is C9H5F2N2. The Balaban J connectivity index is 2.64. The third-order valence-electron chi connectivity index (χ3n) is 1.63. The van der Waals surface area contributed by atoms with E-state index < -0.39 is 11.6 Å². The monoisotopic (exact) mass is 179 g/mol. The zero-order valence-corrected chi connectivity index (χ0v) is 6.54. The maximum absolute atomic E-state index is 13.1. The highest BCUT2D eigenvalue weighted by atomic mass is 19.1. The molecule has 1 heterocycles. The number of rotatable bonds is 1. The van der Waals surface area contributed by atoms with Crippen molar-refractivity contribution >= 4 is 0 Å². The van der Waals surface area contributed by atoms with E-state index in [0.29, 0.717) is 0 Å². The Hall–Kier alpha value is -1.71. The van der Waals surface area contributed by atoms with E-state index in [9.17, 15) is 8.78 Å². The van der Waals surface area contributed by atoms with Crippen LogP contribution in [0.2, 0.25) is 0 Å². The van der Waals surface area contributed by atoms with Gasteiger partial charge < -0.3 is 0 Å². The zero-order valence-electron chi connectivity index (χ0n) is 6.54. The van der Waals surface area contributed by atoms with Gasteiger partial charge in [-0.1, -0.05) is 6.07 Å². The quantitative estimate of drug-likeness (QED) is 0.654. The number of hydrogen-bond donors (Lipinski definition) is 0. The molecule has 2 aromatic rings. The van der Waals surface area contributed by atoms with Gasteiger partial charge in [0.05, 0.1) is 18.7 Å². The largest absolute Gasteiger partial charge is 0.292 e. The van der Waals surface area contributed by atoms with Crippen molar-refractivity contribution in [3.63, 3.8) is 0 Å². The Kier molecular flexibility index (Phi) is 1.81. The third-order valence-corrected chi connectivity index (χ3v) is 1.63. The van der Waals surface area contributed by atoms with E-state index in [-0.39, 0.29) is 5.69 Å². The number of nitrogens with zero attached hydrogens (tertiary/aromatic N) is 2. The van der Waals surface area contributed by atoms with Crippen LogP contribution in [0.4, 0.5) is 8.78 Å². The Morgan fingerprint density at radius 1 is 1.23 bits per heavy atom. The molecule has 2 nitrogen and oxygen atoms in total. The van der Waals surface area contributed by atoms with Crippen LogP contribution in [-0.2, 0) is 0 Å². The Morgan fingerprint density at radius 2 is 1.92 bits per heavy atom. The first-order valence-corrected chi connectivity index (χ1v) is 3.63. The summed E-state index contributed by atoms with van der Waals surface area (Å²) in [6.07, 6.45) is 5.19. The molecule has 0 saturated carbocycles. The minimum absolute atomic E-state index is 0.153. The van der Waals surface area contributed by atoms with E-state index >= 15 is 0 Å². The Bertz CT molecular complexity index is 389. The minimum Gasteiger partial charge on any atom is -0.292 e. The fourth-order valence-electron chi connectivity index (χ4n) is 1.07. The average molecular weight is 179 g/mol. The molecule has 0 N–H and O–H groups in total. The van der Waals surface area contributed by atoms with Crippen LogP contribution < -0.4 is 0 Å². The second-order valence-electron chi connectivity index (χ2n) is 2.46. The molecule has 1 aromatic carbocycles. The van der Waals surface area contributed by atoms with Gasteiger partial charge in [-0.2, -0.15) is 0 Å². The molecule has 4 heteroatoms. The summed E-state index contributed by atoms with van der Waals surface area (Å²) < 4.78 is 27.4. The number of aromatic nitrogens is 2. The van der Waals surface area contributed by atoms with Crippen LogP contribution >= 0.6 is 0 Å². The lowest BCUT2D eigenvalue weighted by molar-refractivity contribution is 0.569. The van der Waals surface area contributed by atoms with Gasteiger partial charge >= 0.3 is 0 Å². The zero-order chi connectivity index (χ0) is 9.26. The molecule has 2 rings (SSSR count). The fraction of sp³-hybridized carbons (Fsp3) is 0. The molecule has 1 aromatic heterocycles. The molecule has 0 bridgehead atoms. The van der Waals surface area contributed by atoms with Crippen molar-refractivity contribution in [1.82, 2.24) is 9.55 Å². The molecule has 13 heavy (non-hydrogen) atoms. The maximum Gasteiger partial charge on any atom is 0.150 e. The topological polar surface area (TPSA) is 17.8 Å². The lowest BCUT2D eigenvalue weighted by Gasteiger charge is -2.03. The summed E-state index contributed by atoms with van der Waals surface area (Å²) in [4.78, 5) is 3.65. The summed E-state index contributed by atoms with van der Waals surface area (Å²) in [5.41, 5.74) is -0.153. The third kappa shape index (κ3) is 1.30. The van der Waals surface area contributed by atoms with Gasteiger partial charge in [-0.05, 0) is 12.1 Å². The predicted molar refractivity (Wildman–Crippen MR) is 42.3 cm³/mol. The molecule has 0 saturated heterocycles. The van der Waals surface area contributed by atoms with Gasteiger partial charge in [0.15, 0.2) is 0 Å². The smallest absolute Gasteiger partial charge is 0.150 e. The van der Waals surface area contributed by atoms with E-state index in [2.05, 4.69) is 11.2 Å². The van der Waals surface area contributed by atoms with Gasteiger partial charge in [-0.25, -0.2) is 13.8 Å². The van der Waals surface area contributed by atoms with E-state index in [1.165, 1.54) is 35.3 Å². The Labute approximate surface area is 73.5 Å². The molecular weight excluding hydrogens is 174 g/mol. The van der Waals surface area contributed by atoms with Crippen molar-refractivity contribution in [3.8, 4) is 5.69 Å². The first-order chi connectivity index (χ1) is 6.29. The van der Waals surface area contributed by atoms with Crippen LogP contribution in [0.15, 0.2) is 30.7 Å². The summed E-state index contributed by atoms with van der Waals surface area (Å²) in [6.45, 7) is 0. The van der Waals surface area contributed by atoms with Crippen LogP contribution in [0, 0.1) is 17.8 Å². The SMILES string of the molecule is Fc1cccc(F)c1-n1[c]cnc1. The summed E-state index contributed by atoms with van der Waals surface area (Å²) in [6, 6.07) is 3.68. The molecule has 0 aliphatic rings. The van der Waals surface area contributed by atoms with Crippen LogP contribution in [-0.4, -0.2) is 9.55 Å². The normalized spacial score (nSPS) is 10.3. The van der Waals surface area contributed by atoms with E-state index in [1.807, 2.05) is 0 Å². The van der Waals surface area contributed by atoms with Gasteiger partial charge in [-0.15, -0.1) is 0 Å². The summed E-state index contributed by atoms with van der Waals surface area (Å²) in [5, 5.41) is 0. The molecule has 0 amide bonds. The number of hydrogen-bond acceptors (Lipinski definition) is 1. The molecule has 1 radical (unpaired) electrons. The first-order valence-electron chi connectivity index (χ1n) is 3.63. The second kappa shape index (κ2) is 2.97. The summed E-state index contributed by atoms with van der Waals surface area (Å²) >= 11 is 0. The molecule has 0 unspecified atom stereocenters. The van der Waals surface area contributed by atoms with Crippen LogP contribution in [0.25, 0.3) is 5.69 Å². The van der Waals surface area contributed by atoms with Crippen molar-refractivity contribution < 1.29 is 8.78 Å². The molecule has 0 aliphatic heterocycles. The average Bonchev–Trinajstić information content (AvgIpc) is 2.57. The van der Waals surface area contributed by atoms with Gasteiger partial charge in [-0.3, -0.25) is 4.57 Å². The number of para-hydroxylation sites is 1. The number of benzene rings is 1. The van der Waals surface area contributed by atoms with Gasteiger partial charge in [0.1, 0.15) is 17.3 Å². The summed E-state index contributed by atoms with van der Waals surface area (Å²) in [7, 11) is 0. The van der Waals surface area contributed by atoms with Crippen molar-refractivity contribution in [2.24, 2.45) is 0 Å². The fourth-order valence-corrected chi connectivity index (χ4v) is 1.07. The van der Waals surface area contributed by atoms with Crippen LogP contribution in [0.5, 0.6) is 0 Å². The van der Waals surface area contributed by atoms with E-state index in [4.69, 9.17) is 0 Å². The van der Waals surface area contributed by atoms with Crippen LogP contribution in [0.1, 0.15) is 0 Å². The van der Waals surface area contributed by atoms with Crippen molar-refractivity contribution in [3.05, 3.63) is 48.6 Å². The predicted octanol–water partition coefficient (Wildman–Crippen LogP) is 1.95. The lowest BCUT2D eigenvalue weighted by Crippen LogP contribution is -1.98. The highest BCUT2D eigenvalue weighted by molar-refractivity contribution is 5.34. The van der Waals surface area contributed by atoms with E-state index in [1.54, 1.807) is 0 Å². The maximum atomic E-state index is 13.1. The van der Waals surface area contributed by atoms with E-state index in [0.717, 1.165) is 0 Å². The minimum atomic E-state index is -0.630. The van der Waals surface area contributed by atoms with Crippen LogP contribution in [0.3, 0.4) is 0 Å². The van der Waals surface area contributed by atoms with Gasteiger partial charge in [0.25, 0.3) is 0 Å². The molecule has 0 atom stereocenters. The molecule has 0 aliphatic carbocycles. The summed E-state index contributed by atoms with van der Waals surface area (Å²) in [5.74, 6) is -1.26. The van der Waals surface area contributed by atoms with Gasteiger partial charge in [0.2, 0.25) is 0 Å². The van der Waals surface area contributed by atoms with Crippen molar-refractivity contribution in [2.75, 3.05) is 0 Å². The highest BCUT2D eigenvalue weighted by Crippen LogP contribution is 2.15. The molecule has 65 valence electrons. The van der Waals surface area contributed by atoms with Crippen molar-refractivity contribution in [2.45, 2.75) is 0 Å². The molecule has 0 spiro atoms. The van der Waals surface area contributed by atoms with Gasteiger partial charge in [0, 0.05) is 0 Å². The number of imidazole rings is 1. The lowest BCUT2D eigenvalue weighted by atomic mass is 10.3. The first kappa shape index (κ1) is 7.91. The second-order valence-corrected chi connectivity index (χ2v) is 2.46. The number of halogens is 2. The Morgan fingerprint density at radius 3 is 2.46 bits per heavy atom. The standard InChI is InChI=1S/C9H5F2N2/c10-7-2-1-3-8(11)9(7)13-5-4-12-6-13/h1-4,6H. The highest BCUT2D eigenvalue weighted by Gasteiger charge is 2.09. The van der Waals surface area contributed by atoms with Crippen molar-refractivity contribution in [1.29, 1.82) is 0 Å².